The van der Waals surface area contributed by atoms with Crippen LogP contribution in [0.15, 0.2) is 12.1 Å². The van der Waals surface area contributed by atoms with E-state index in [9.17, 15) is 0 Å². The van der Waals surface area contributed by atoms with Crippen LogP contribution in [0.3, 0.4) is 0 Å². The van der Waals surface area contributed by atoms with Gasteiger partial charge in [0.2, 0.25) is 5.84 Å². The summed E-state index contributed by atoms with van der Waals surface area (Å²) in [5, 5.41) is 5.49. The average molecular weight is 177 g/mol. The van der Waals surface area contributed by atoms with E-state index in [1.807, 2.05) is 0 Å². The zero-order valence-electron chi connectivity index (χ0n) is 8.52. The first-order valence-electron chi connectivity index (χ1n) is 4.44. The summed E-state index contributed by atoms with van der Waals surface area (Å²) < 4.78 is 0. The van der Waals surface area contributed by atoms with Crippen LogP contribution in [-0.4, -0.2) is 5.84 Å². The molecule has 0 aliphatic heterocycles. The molecule has 0 atom stereocenters. The number of hydrogen-bond donors (Lipinski definition) is 2. The lowest BCUT2D eigenvalue weighted by molar-refractivity contribution is -0.117. The molecule has 4 N–H and O–H groups in total. The molecule has 1 aromatic carbocycles. The van der Waals surface area contributed by atoms with Gasteiger partial charge in [-0.2, -0.15) is 0 Å². The average Bonchev–Trinajstić information content (AvgIpc) is 1.96. The predicted molar refractivity (Wildman–Crippen MR) is 55.5 cm³/mol. The maximum absolute atomic E-state index is 5.49. The second-order valence-electron chi connectivity index (χ2n) is 3.63. The molecule has 0 aliphatic rings. The van der Waals surface area contributed by atoms with Gasteiger partial charge < -0.3 is 0 Å². The molecule has 0 bridgehead atoms. The van der Waals surface area contributed by atoms with Crippen molar-refractivity contribution >= 4 is 5.84 Å². The van der Waals surface area contributed by atoms with Crippen molar-refractivity contribution in [3.05, 3.63) is 34.4 Å². The molecule has 13 heavy (non-hydrogen) atoms. The molecule has 2 nitrogen and oxygen atoms in total. The molecule has 0 spiro atoms. The lowest BCUT2D eigenvalue weighted by Crippen LogP contribution is -2.47. The fourth-order valence-electron chi connectivity index (χ4n) is 1.69. The van der Waals surface area contributed by atoms with Crippen molar-refractivity contribution in [1.82, 2.24) is 0 Å². The molecule has 70 valence electrons. The van der Waals surface area contributed by atoms with Gasteiger partial charge in [-0.15, -0.1) is 0 Å². The van der Waals surface area contributed by atoms with Crippen molar-refractivity contribution in [1.29, 1.82) is 0 Å². The summed E-state index contributed by atoms with van der Waals surface area (Å²) in [5.41, 5.74) is 10.6. The lowest BCUT2D eigenvalue weighted by atomic mass is 9.97. The smallest absolute Gasteiger partial charge is 0.242 e. The Bertz CT molecular complexity index is 317. The van der Waals surface area contributed by atoms with E-state index in [1.165, 1.54) is 22.3 Å². The fraction of sp³-hybridized carbons (Fsp3) is 0.364. The number of hydrogen-bond acceptors (Lipinski definition) is 0. The molecule has 1 aromatic rings. The van der Waals surface area contributed by atoms with Crippen molar-refractivity contribution in [3.8, 4) is 0 Å². The van der Waals surface area contributed by atoms with Gasteiger partial charge in [-0.3, -0.25) is 11.1 Å². The maximum Gasteiger partial charge on any atom is 0.242 e. The molecular formula is C11H17N2+. The topological polar surface area (TPSA) is 51.6 Å². The van der Waals surface area contributed by atoms with Gasteiger partial charge in [0.15, 0.2) is 0 Å². The second-order valence-corrected chi connectivity index (χ2v) is 3.63. The van der Waals surface area contributed by atoms with Crippen LogP contribution in [0.1, 0.15) is 22.3 Å². The monoisotopic (exact) mass is 177 g/mol. The summed E-state index contributed by atoms with van der Waals surface area (Å²) in [7, 11) is 0. The molecule has 0 saturated heterocycles. The van der Waals surface area contributed by atoms with Crippen molar-refractivity contribution in [2.24, 2.45) is 5.73 Å². The van der Waals surface area contributed by atoms with Crippen LogP contribution in [0, 0.1) is 20.8 Å². The van der Waals surface area contributed by atoms with Gasteiger partial charge in [0.25, 0.3) is 0 Å². The molecular weight excluding hydrogens is 160 g/mol. The lowest BCUT2D eigenvalue weighted by Gasteiger charge is -2.08. The number of aryl methyl sites for hydroxylation is 3. The Hall–Kier alpha value is -1.31. The van der Waals surface area contributed by atoms with Gasteiger partial charge in [0, 0.05) is 0 Å². The highest BCUT2D eigenvalue weighted by Crippen LogP contribution is 2.16. The molecule has 0 heterocycles. The van der Waals surface area contributed by atoms with Crippen LogP contribution in [0.5, 0.6) is 0 Å². The summed E-state index contributed by atoms with van der Waals surface area (Å²) in [6.45, 7) is 6.29. The van der Waals surface area contributed by atoms with Crippen molar-refractivity contribution < 1.29 is 5.41 Å². The first-order chi connectivity index (χ1) is 6.00. The highest BCUT2D eigenvalue weighted by Gasteiger charge is 2.06. The molecule has 0 radical (unpaired) electrons. The van der Waals surface area contributed by atoms with Crippen molar-refractivity contribution in [2.75, 3.05) is 0 Å². The first-order valence-corrected chi connectivity index (χ1v) is 4.44. The van der Waals surface area contributed by atoms with E-state index in [1.54, 1.807) is 0 Å². The van der Waals surface area contributed by atoms with E-state index in [0.717, 1.165) is 0 Å². The predicted octanol–water partition coefficient (Wildman–Crippen LogP) is 0.271. The van der Waals surface area contributed by atoms with E-state index in [4.69, 9.17) is 11.1 Å². The van der Waals surface area contributed by atoms with Gasteiger partial charge in [0.1, 0.15) is 0 Å². The number of rotatable bonds is 2. The van der Waals surface area contributed by atoms with E-state index < -0.39 is 0 Å². The Balaban J connectivity index is 3.13. The van der Waals surface area contributed by atoms with E-state index >= 15 is 0 Å². The standard InChI is InChI=1S/C11H16N2/c1-7-4-8(2)10(6-11(12)13)9(3)5-7/h4-5H,6H2,1-3H3,(H3,12,13)/p+1. The molecule has 2 heteroatoms. The van der Waals surface area contributed by atoms with Crippen LogP contribution in [-0.2, 0) is 6.42 Å². The molecule has 0 amide bonds. The summed E-state index contributed by atoms with van der Waals surface area (Å²) >= 11 is 0. The van der Waals surface area contributed by atoms with E-state index in [-0.39, 0.29) is 0 Å². The molecule has 0 aliphatic carbocycles. The van der Waals surface area contributed by atoms with Gasteiger partial charge in [-0.1, -0.05) is 17.7 Å². The molecule has 0 fully saturated rings. The summed E-state index contributed by atoms with van der Waals surface area (Å²) in [6.07, 6.45) is 0.679. The van der Waals surface area contributed by atoms with Gasteiger partial charge in [-0.05, 0) is 37.5 Å². The Kier molecular flexibility index (Phi) is 2.71. The third kappa shape index (κ3) is 2.31. The molecule has 0 unspecified atom stereocenters. The normalized spacial score (nSPS) is 10.1. The first kappa shape index (κ1) is 9.78. The van der Waals surface area contributed by atoms with Crippen LogP contribution in [0.25, 0.3) is 0 Å². The van der Waals surface area contributed by atoms with E-state index in [0.29, 0.717) is 12.3 Å². The maximum atomic E-state index is 5.49. The number of benzene rings is 1. The second kappa shape index (κ2) is 3.60. The summed E-state index contributed by atoms with van der Waals surface area (Å²) in [4.78, 5) is 0. The van der Waals surface area contributed by atoms with Crippen molar-refractivity contribution in [3.63, 3.8) is 0 Å². The Labute approximate surface area is 79.3 Å². The summed E-state index contributed by atoms with van der Waals surface area (Å²) in [5.74, 6) is 0.482. The zero-order chi connectivity index (χ0) is 10.0. The minimum absolute atomic E-state index is 0.482. The zero-order valence-corrected chi connectivity index (χ0v) is 8.52. The highest BCUT2D eigenvalue weighted by atomic mass is 14.7. The van der Waals surface area contributed by atoms with Crippen LogP contribution < -0.4 is 11.1 Å². The Morgan fingerprint density at radius 3 is 2.08 bits per heavy atom. The highest BCUT2D eigenvalue weighted by molar-refractivity contribution is 5.77. The molecule has 1 rings (SSSR count). The Morgan fingerprint density at radius 2 is 1.69 bits per heavy atom. The largest absolute Gasteiger partial charge is 0.291 e. The van der Waals surface area contributed by atoms with Crippen LogP contribution in [0.2, 0.25) is 0 Å². The molecule has 0 aromatic heterocycles. The van der Waals surface area contributed by atoms with Gasteiger partial charge in [-0.25, -0.2) is 0 Å². The van der Waals surface area contributed by atoms with Crippen LogP contribution in [0.4, 0.5) is 0 Å². The minimum atomic E-state index is 0.482. The van der Waals surface area contributed by atoms with E-state index in [2.05, 4.69) is 32.9 Å². The van der Waals surface area contributed by atoms with Crippen molar-refractivity contribution in [2.45, 2.75) is 27.2 Å². The quantitative estimate of drug-likeness (QED) is 0.494. The minimum Gasteiger partial charge on any atom is -0.291 e. The Morgan fingerprint density at radius 1 is 1.23 bits per heavy atom. The third-order valence-electron chi connectivity index (χ3n) is 2.22. The fourth-order valence-corrected chi connectivity index (χ4v) is 1.69. The molecule has 0 saturated carbocycles. The van der Waals surface area contributed by atoms with Gasteiger partial charge >= 0.3 is 0 Å². The van der Waals surface area contributed by atoms with Gasteiger partial charge in [0.05, 0.1) is 6.42 Å². The number of nitrogens with two attached hydrogens (primary N) is 2. The number of amidine groups is 1. The summed E-state index contributed by atoms with van der Waals surface area (Å²) in [6, 6.07) is 4.32. The SMILES string of the molecule is Cc1cc(C)c(CC(N)=[NH2+])c(C)c1. The van der Waals surface area contributed by atoms with Crippen LogP contribution >= 0.6 is 0 Å². The third-order valence-corrected chi connectivity index (χ3v) is 2.22.